The summed E-state index contributed by atoms with van der Waals surface area (Å²) in [5.74, 6) is 4.03. The third-order valence-electron chi connectivity index (χ3n) is 11.0. The topological polar surface area (TPSA) is 50.8 Å². The molecule has 1 amide bonds. The second-order valence-corrected chi connectivity index (χ2v) is 15.1. The quantitative estimate of drug-likeness (QED) is 0.0818. The number of rotatable bonds is 15. The van der Waals surface area contributed by atoms with Crippen LogP contribution in [0.3, 0.4) is 0 Å². The fourth-order valence-electron chi connectivity index (χ4n) is 8.52. The lowest BCUT2D eigenvalue weighted by atomic mass is 9.57. The molecule has 0 radical (unpaired) electrons. The van der Waals surface area contributed by atoms with Gasteiger partial charge in [0, 0.05) is 20.0 Å². The first-order valence-corrected chi connectivity index (χ1v) is 19.9. The van der Waals surface area contributed by atoms with E-state index in [4.69, 9.17) is 9.57 Å². The van der Waals surface area contributed by atoms with Gasteiger partial charge in [-0.1, -0.05) is 135 Å². The summed E-state index contributed by atoms with van der Waals surface area (Å²) in [5, 5.41) is 4.57. The Hall–Kier alpha value is -1.07. The van der Waals surface area contributed by atoms with Crippen molar-refractivity contribution in [2.24, 2.45) is 40.4 Å². The monoisotopic (exact) mass is 667 g/mol. The van der Waals surface area contributed by atoms with Crippen molar-refractivity contribution in [3.8, 4) is 0 Å². The molecule has 3 aliphatic carbocycles. The highest BCUT2D eigenvalue weighted by Gasteiger charge is 2.51. The minimum absolute atomic E-state index is 0. The van der Waals surface area contributed by atoms with Crippen molar-refractivity contribution < 1.29 is 14.4 Å². The number of hydrogen-bond acceptors (Lipinski definition) is 4. The second kappa shape index (κ2) is 25.8. The third-order valence-corrected chi connectivity index (χ3v) is 11.0. The molecule has 2 fully saturated rings. The van der Waals surface area contributed by atoms with Gasteiger partial charge < -0.3 is 4.74 Å². The molecule has 47 heavy (non-hydrogen) atoms. The number of carbonyl (C=O) groups excluding carboxylic acids is 1. The zero-order chi connectivity index (χ0) is 35.3. The van der Waals surface area contributed by atoms with E-state index in [-0.39, 0.29) is 31.8 Å². The fourth-order valence-corrected chi connectivity index (χ4v) is 8.52. The lowest BCUT2D eigenvalue weighted by Gasteiger charge is -2.49. The molecule has 3 rings (SSSR count). The smallest absolute Gasteiger partial charge is 0.409 e. The Morgan fingerprint density at radius 3 is 2.21 bits per heavy atom. The maximum atomic E-state index is 12.5. The Morgan fingerprint density at radius 2 is 1.62 bits per heavy atom. The highest BCUT2D eigenvalue weighted by Crippen LogP contribution is 2.60. The molecule has 0 bridgehead atoms. The molecule has 0 saturated heterocycles. The van der Waals surface area contributed by atoms with E-state index in [0.29, 0.717) is 11.3 Å². The molecule has 3 aliphatic rings. The minimum Gasteiger partial charge on any atom is -0.446 e. The normalized spacial score (nSPS) is 28.0. The number of hydroxylamine groups is 2. The number of fused-ring (bicyclic) bond motifs is 1. The van der Waals surface area contributed by atoms with Crippen molar-refractivity contribution >= 4 is 6.09 Å². The van der Waals surface area contributed by atoms with Crippen LogP contribution in [-0.2, 0) is 9.57 Å². The van der Waals surface area contributed by atoms with Gasteiger partial charge in [0.25, 0.3) is 0 Å². The SMILES string of the molecule is C.CC.CC.CC.CCCC1(C)C(CCCCC(C)C)CCC1C1CC=C2CC(OC(=O)NCON(C)CCC(C)C)CCC2(C)C1. The van der Waals surface area contributed by atoms with Crippen LogP contribution < -0.4 is 5.32 Å². The average molecular weight is 667 g/mol. The van der Waals surface area contributed by atoms with Gasteiger partial charge in [0.2, 0.25) is 0 Å². The summed E-state index contributed by atoms with van der Waals surface area (Å²) < 4.78 is 5.84. The molecule has 1 N–H and O–H groups in total. The molecule has 5 heteroatoms. The number of ether oxygens (including phenoxy) is 1. The lowest BCUT2D eigenvalue weighted by Crippen LogP contribution is -2.41. The van der Waals surface area contributed by atoms with E-state index in [0.717, 1.165) is 55.9 Å². The lowest BCUT2D eigenvalue weighted by molar-refractivity contribution is -0.146. The number of nitrogens with one attached hydrogen (secondary N) is 1. The molecule has 2 saturated carbocycles. The fraction of sp³-hybridized carbons (Fsp3) is 0.929. The van der Waals surface area contributed by atoms with Crippen molar-refractivity contribution in [1.29, 1.82) is 0 Å². The predicted molar refractivity (Wildman–Crippen MR) is 208 cm³/mol. The molecule has 0 aromatic carbocycles. The van der Waals surface area contributed by atoms with Gasteiger partial charge in [-0.15, -0.1) is 0 Å². The van der Waals surface area contributed by atoms with Crippen molar-refractivity contribution in [2.45, 2.75) is 193 Å². The minimum atomic E-state index is -0.360. The standard InChI is InChI=1S/C35H64N2O3.3C2H6.CH4/c1-9-20-35(7)29(13-11-10-12-26(2)3)16-17-32(35)28-14-15-30-23-31(18-21-34(30,6)24-28)40-33(38)36-25-39-37(8)22-19-27(4)5;3*1-2;/h15,26-29,31-32H,9-14,16-25H2,1-8H3,(H,36,38);3*1-2H3;1H4. The number of hydrogen-bond donors (Lipinski definition) is 1. The van der Waals surface area contributed by atoms with Gasteiger partial charge >= 0.3 is 6.09 Å². The molecule has 0 heterocycles. The van der Waals surface area contributed by atoms with E-state index >= 15 is 0 Å². The molecular formula is C42H86N2O3. The van der Waals surface area contributed by atoms with Crippen LogP contribution in [0.25, 0.3) is 0 Å². The van der Waals surface area contributed by atoms with E-state index in [1.165, 1.54) is 69.8 Å². The van der Waals surface area contributed by atoms with Crippen molar-refractivity contribution in [1.82, 2.24) is 10.4 Å². The number of nitrogens with zero attached hydrogens (tertiary/aromatic N) is 1. The van der Waals surface area contributed by atoms with Crippen LogP contribution in [0, 0.1) is 40.4 Å². The zero-order valence-electron chi connectivity index (χ0n) is 33.5. The summed E-state index contributed by atoms with van der Waals surface area (Å²) in [6, 6.07) is 0. The molecule has 6 atom stereocenters. The summed E-state index contributed by atoms with van der Waals surface area (Å²) in [6.45, 7) is 29.7. The molecule has 0 spiro atoms. The van der Waals surface area contributed by atoms with E-state index in [9.17, 15) is 4.79 Å². The maximum absolute atomic E-state index is 12.5. The molecule has 0 aromatic rings. The number of allylic oxidation sites excluding steroid dienone is 1. The Bertz CT molecular complexity index is 812. The summed E-state index contributed by atoms with van der Waals surface area (Å²) in [4.78, 5) is 18.1. The second-order valence-electron chi connectivity index (χ2n) is 15.1. The summed E-state index contributed by atoms with van der Waals surface area (Å²) >= 11 is 0. The largest absolute Gasteiger partial charge is 0.446 e. The Kier molecular flexibility index (Phi) is 26.4. The van der Waals surface area contributed by atoms with E-state index < -0.39 is 0 Å². The van der Waals surface area contributed by atoms with Gasteiger partial charge in [-0.2, -0.15) is 5.06 Å². The van der Waals surface area contributed by atoms with Crippen LogP contribution in [0.2, 0.25) is 0 Å². The number of alkyl carbamates (subject to hydrolysis) is 1. The van der Waals surface area contributed by atoms with Crippen molar-refractivity contribution in [3.63, 3.8) is 0 Å². The highest BCUT2D eigenvalue weighted by atomic mass is 16.7. The molecule has 0 aliphatic heterocycles. The maximum Gasteiger partial charge on any atom is 0.409 e. The molecule has 282 valence electrons. The Balaban J connectivity index is 0. The third kappa shape index (κ3) is 16.0. The number of unbranched alkanes of at least 4 members (excludes halogenated alkanes) is 1. The van der Waals surface area contributed by atoms with Crippen molar-refractivity contribution in [3.05, 3.63) is 11.6 Å². The van der Waals surface area contributed by atoms with E-state index in [1.54, 1.807) is 5.06 Å². The number of carbonyl (C=O) groups is 1. The highest BCUT2D eigenvalue weighted by molar-refractivity contribution is 5.67. The molecule has 0 aromatic heterocycles. The summed E-state index contributed by atoms with van der Waals surface area (Å²) in [5.41, 5.74) is 2.31. The van der Waals surface area contributed by atoms with Gasteiger partial charge in [-0.3, -0.25) is 10.2 Å². The Labute approximate surface area is 296 Å². The van der Waals surface area contributed by atoms with Crippen LogP contribution in [0.4, 0.5) is 4.79 Å². The van der Waals surface area contributed by atoms with Crippen LogP contribution in [-0.4, -0.2) is 37.6 Å². The van der Waals surface area contributed by atoms with Crippen LogP contribution >= 0.6 is 0 Å². The predicted octanol–water partition coefficient (Wildman–Crippen LogP) is 13.2. The van der Waals surface area contributed by atoms with Gasteiger partial charge in [0.05, 0.1) is 0 Å². The van der Waals surface area contributed by atoms with Gasteiger partial charge in [0.15, 0.2) is 0 Å². The average Bonchev–Trinajstić information content (AvgIpc) is 3.36. The first kappa shape index (κ1) is 48.0. The van der Waals surface area contributed by atoms with Crippen LogP contribution in [0.1, 0.15) is 187 Å². The van der Waals surface area contributed by atoms with Gasteiger partial charge in [-0.05, 0) is 98.2 Å². The van der Waals surface area contributed by atoms with Gasteiger partial charge in [-0.25, -0.2) is 4.79 Å². The molecule has 5 nitrogen and oxygen atoms in total. The number of amides is 1. The van der Waals surface area contributed by atoms with Gasteiger partial charge in [0.1, 0.15) is 12.8 Å². The summed E-state index contributed by atoms with van der Waals surface area (Å²) in [6.07, 6.45) is 19.9. The van der Waals surface area contributed by atoms with Crippen molar-refractivity contribution in [2.75, 3.05) is 20.3 Å². The molecular weight excluding hydrogens is 580 g/mol. The van der Waals surface area contributed by atoms with E-state index in [1.807, 2.05) is 48.6 Å². The van der Waals surface area contributed by atoms with E-state index in [2.05, 4.69) is 59.9 Å². The first-order chi connectivity index (χ1) is 22.0. The first-order valence-electron chi connectivity index (χ1n) is 19.9. The summed E-state index contributed by atoms with van der Waals surface area (Å²) in [7, 11) is 1.91. The zero-order valence-corrected chi connectivity index (χ0v) is 33.5. The van der Waals surface area contributed by atoms with Crippen LogP contribution in [0.15, 0.2) is 11.6 Å². The van der Waals surface area contributed by atoms with Crippen LogP contribution in [0.5, 0.6) is 0 Å². The Morgan fingerprint density at radius 1 is 0.979 bits per heavy atom. The molecule has 6 unspecified atom stereocenters.